The van der Waals surface area contributed by atoms with Crippen LogP contribution in [0.2, 0.25) is 0 Å². The number of carboxylic acid groups (broad SMARTS) is 1. The molecule has 2 atom stereocenters. The van der Waals surface area contributed by atoms with E-state index in [4.69, 9.17) is 5.11 Å². The monoisotopic (exact) mass is 360 g/mol. The van der Waals surface area contributed by atoms with Gasteiger partial charge < -0.3 is 15.3 Å². The molecule has 2 rings (SSSR count). The van der Waals surface area contributed by atoms with E-state index in [1.54, 1.807) is 0 Å². The molecule has 0 aliphatic carbocycles. The molecule has 26 heavy (non-hydrogen) atoms. The molecule has 1 aliphatic heterocycles. The van der Waals surface area contributed by atoms with Crippen molar-refractivity contribution in [3.8, 4) is 0 Å². The molecule has 2 amide bonds. The summed E-state index contributed by atoms with van der Waals surface area (Å²) in [5.41, 5.74) is 2.02. The van der Waals surface area contributed by atoms with E-state index in [0.717, 1.165) is 30.4 Å². The summed E-state index contributed by atoms with van der Waals surface area (Å²) in [6, 6.07) is 7.39. The second-order valence-electron chi connectivity index (χ2n) is 7.04. The summed E-state index contributed by atoms with van der Waals surface area (Å²) in [7, 11) is 0. The Bertz CT molecular complexity index is 642. The molecule has 1 aromatic carbocycles. The lowest BCUT2D eigenvalue weighted by Crippen LogP contribution is -2.45. The number of amides is 2. The van der Waals surface area contributed by atoms with Gasteiger partial charge >= 0.3 is 5.97 Å². The van der Waals surface area contributed by atoms with Gasteiger partial charge in [-0.05, 0) is 38.2 Å². The van der Waals surface area contributed by atoms with Crippen LogP contribution in [0.15, 0.2) is 24.3 Å². The molecule has 0 bridgehead atoms. The first kappa shape index (κ1) is 19.9. The summed E-state index contributed by atoms with van der Waals surface area (Å²) in [5, 5.41) is 11.8. The van der Waals surface area contributed by atoms with Crippen molar-refractivity contribution in [1.82, 2.24) is 10.2 Å². The van der Waals surface area contributed by atoms with Gasteiger partial charge in [-0.15, -0.1) is 0 Å². The van der Waals surface area contributed by atoms with Gasteiger partial charge in [0, 0.05) is 25.9 Å². The van der Waals surface area contributed by atoms with Crippen LogP contribution in [0.5, 0.6) is 0 Å². The zero-order valence-electron chi connectivity index (χ0n) is 15.5. The summed E-state index contributed by atoms with van der Waals surface area (Å²) < 4.78 is 0. The van der Waals surface area contributed by atoms with Crippen molar-refractivity contribution >= 4 is 17.8 Å². The maximum Gasteiger partial charge on any atom is 0.303 e. The van der Waals surface area contributed by atoms with Crippen molar-refractivity contribution in [1.29, 1.82) is 0 Å². The van der Waals surface area contributed by atoms with Crippen LogP contribution in [0.25, 0.3) is 0 Å². The number of rotatable bonds is 7. The van der Waals surface area contributed by atoms with Crippen LogP contribution in [-0.2, 0) is 14.4 Å². The Balaban J connectivity index is 2.09. The molecule has 0 radical (unpaired) electrons. The van der Waals surface area contributed by atoms with E-state index in [2.05, 4.69) is 5.32 Å². The second-order valence-corrected chi connectivity index (χ2v) is 7.04. The van der Waals surface area contributed by atoms with Crippen molar-refractivity contribution in [2.24, 2.45) is 0 Å². The minimum atomic E-state index is -0.834. The van der Waals surface area contributed by atoms with Crippen LogP contribution in [0.1, 0.15) is 62.6 Å². The molecule has 1 aromatic rings. The Hall–Kier alpha value is -2.37. The molecule has 0 spiro atoms. The van der Waals surface area contributed by atoms with Gasteiger partial charge in [-0.3, -0.25) is 14.4 Å². The van der Waals surface area contributed by atoms with Crippen molar-refractivity contribution in [3.63, 3.8) is 0 Å². The van der Waals surface area contributed by atoms with Crippen LogP contribution >= 0.6 is 0 Å². The average molecular weight is 360 g/mol. The molecule has 2 N–H and O–H groups in total. The summed E-state index contributed by atoms with van der Waals surface area (Å²) in [4.78, 5) is 37.2. The van der Waals surface area contributed by atoms with Crippen molar-refractivity contribution in [2.45, 2.75) is 64.5 Å². The minimum absolute atomic E-state index is 0.0247. The molecule has 1 saturated heterocycles. The first-order valence-electron chi connectivity index (χ1n) is 9.21. The number of carbonyl (C=O) groups excluding carboxylic acids is 2. The molecule has 6 heteroatoms. The number of hydrogen-bond acceptors (Lipinski definition) is 3. The number of carbonyl (C=O) groups is 3. The van der Waals surface area contributed by atoms with E-state index >= 15 is 0 Å². The predicted molar refractivity (Wildman–Crippen MR) is 98.6 cm³/mol. The Kier molecular flexibility index (Phi) is 7.18. The molecule has 1 fully saturated rings. The van der Waals surface area contributed by atoms with Crippen LogP contribution in [0, 0.1) is 6.92 Å². The van der Waals surface area contributed by atoms with Gasteiger partial charge in [-0.2, -0.15) is 0 Å². The molecule has 1 heterocycles. The molecular formula is C20H28N2O4. The van der Waals surface area contributed by atoms with Crippen LogP contribution in [0.4, 0.5) is 0 Å². The van der Waals surface area contributed by atoms with Gasteiger partial charge in [0.2, 0.25) is 11.8 Å². The van der Waals surface area contributed by atoms with Gasteiger partial charge in [0.15, 0.2) is 0 Å². The topological polar surface area (TPSA) is 86.7 Å². The largest absolute Gasteiger partial charge is 0.481 e. The maximum absolute atomic E-state index is 12.9. The van der Waals surface area contributed by atoms with E-state index in [9.17, 15) is 14.4 Å². The Morgan fingerprint density at radius 2 is 1.92 bits per heavy atom. The smallest absolute Gasteiger partial charge is 0.303 e. The van der Waals surface area contributed by atoms with E-state index in [1.165, 1.54) is 6.92 Å². The third-order valence-electron chi connectivity index (χ3n) is 4.87. The van der Waals surface area contributed by atoms with Gasteiger partial charge in [-0.1, -0.05) is 29.8 Å². The average Bonchev–Trinajstić information content (AvgIpc) is 2.60. The summed E-state index contributed by atoms with van der Waals surface area (Å²) in [6.07, 6.45) is 3.53. The number of likely N-dealkylation sites (tertiary alicyclic amines) is 1. The standard InChI is InChI=1S/C20H28N2O4/c1-14-6-8-16(9-7-14)18(21-15(2)23)13-19(24)22-12-4-3-5-17(22)10-11-20(25)26/h6-9,17-18H,3-5,10-13H2,1-2H3,(H,21,23)(H,25,26)/t17-,18-/m1/s1. The molecule has 0 aromatic heterocycles. The van der Waals surface area contributed by atoms with Gasteiger partial charge in [0.05, 0.1) is 12.5 Å². The third kappa shape index (κ3) is 5.86. The lowest BCUT2D eigenvalue weighted by molar-refractivity contribution is -0.140. The van der Waals surface area contributed by atoms with E-state index in [-0.39, 0.29) is 36.7 Å². The van der Waals surface area contributed by atoms with Crippen molar-refractivity contribution in [3.05, 3.63) is 35.4 Å². The SMILES string of the molecule is CC(=O)N[C@H](CC(=O)N1CCCC[C@@H]1CCC(=O)O)c1ccc(C)cc1. The molecule has 6 nitrogen and oxygen atoms in total. The van der Waals surface area contributed by atoms with Gasteiger partial charge in [-0.25, -0.2) is 0 Å². The number of nitrogens with zero attached hydrogens (tertiary/aromatic N) is 1. The minimum Gasteiger partial charge on any atom is -0.481 e. The number of carboxylic acids is 1. The zero-order chi connectivity index (χ0) is 19.1. The van der Waals surface area contributed by atoms with E-state index < -0.39 is 5.97 Å². The lowest BCUT2D eigenvalue weighted by Gasteiger charge is -2.36. The highest BCUT2D eigenvalue weighted by molar-refractivity contribution is 5.79. The predicted octanol–water partition coefficient (Wildman–Crippen LogP) is 2.81. The second kappa shape index (κ2) is 9.36. The molecule has 1 aliphatic rings. The quantitative estimate of drug-likeness (QED) is 0.783. The number of nitrogens with one attached hydrogen (secondary N) is 1. The third-order valence-corrected chi connectivity index (χ3v) is 4.87. The van der Waals surface area contributed by atoms with Crippen molar-refractivity contribution in [2.75, 3.05) is 6.54 Å². The van der Waals surface area contributed by atoms with Crippen LogP contribution in [0.3, 0.4) is 0 Å². The Morgan fingerprint density at radius 3 is 2.54 bits per heavy atom. The number of piperidine rings is 1. The fraction of sp³-hybridized carbons (Fsp3) is 0.550. The molecule has 0 unspecified atom stereocenters. The zero-order valence-corrected chi connectivity index (χ0v) is 15.5. The Morgan fingerprint density at radius 1 is 1.23 bits per heavy atom. The highest BCUT2D eigenvalue weighted by Gasteiger charge is 2.29. The fourth-order valence-corrected chi connectivity index (χ4v) is 3.51. The Labute approximate surface area is 154 Å². The summed E-state index contributed by atoms with van der Waals surface area (Å²) >= 11 is 0. The molecule has 0 saturated carbocycles. The summed E-state index contributed by atoms with van der Waals surface area (Å²) in [6.45, 7) is 4.09. The van der Waals surface area contributed by atoms with E-state index in [0.29, 0.717) is 13.0 Å². The highest BCUT2D eigenvalue weighted by Crippen LogP contribution is 2.25. The summed E-state index contributed by atoms with van der Waals surface area (Å²) in [5.74, 6) is -1.04. The van der Waals surface area contributed by atoms with Crippen molar-refractivity contribution < 1.29 is 19.5 Å². The normalized spacial score (nSPS) is 18.2. The van der Waals surface area contributed by atoms with E-state index in [1.807, 2.05) is 36.1 Å². The van der Waals surface area contributed by atoms with Crippen LogP contribution in [-0.4, -0.2) is 40.4 Å². The fourth-order valence-electron chi connectivity index (χ4n) is 3.51. The molecular weight excluding hydrogens is 332 g/mol. The maximum atomic E-state index is 12.9. The number of aryl methyl sites for hydroxylation is 1. The number of hydrogen-bond donors (Lipinski definition) is 2. The molecule has 142 valence electrons. The first-order chi connectivity index (χ1) is 12.4. The lowest BCUT2D eigenvalue weighted by atomic mass is 9.95. The van der Waals surface area contributed by atoms with Gasteiger partial charge in [0.25, 0.3) is 0 Å². The number of benzene rings is 1. The van der Waals surface area contributed by atoms with Crippen LogP contribution < -0.4 is 5.32 Å². The number of aliphatic carboxylic acids is 1. The highest BCUT2D eigenvalue weighted by atomic mass is 16.4. The first-order valence-corrected chi connectivity index (χ1v) is 9.21. The van der Waals surface area contributed by atoms with Gasteiger partial charge in [0.1, 0.15) is 0 Å².